The van der Waals surface area contributed by atoms with Crippen molar-refractivity contribution in [2.45, 2.75) is 13.8 Å². The van der Waals surface area contributed by atoms with Crippen LogP contribution in [0.2, 0.25) is 0 Å². The van der Waals surface area contributed by atoms with Gasteiger partial charge in [0.05, 0.1) is 24.1 Å². The summed E-state index contributed by atoms with van der Waals surface area (Å²) in [5, 5.41) is 24.3. The van der Waals surface area contributed by atoms with E-state index in [-0.39, 0.29) is 12.4 Å². The van der Waals surface area contributed by atoms with Gasteiger partial charge < -0.3 is 9.42 Å². The molecule has 4 aromatic heterocycles. The van der Waals surface area contributed by atoms with E-state index in [9.17, 15) is 9.18 Å². The second-order valence-corrected chi connectivity index (χ2v) is 8.00. The average molecular weight is 475 g/mol. The van der Waals surface area contributed by atoms with Crippen molar-refractivity contribution < 1.29 is 13.7 Å². The lowest BCUT2D eigenvalue weighted by atomic mass is 10.1. The van der Waals surface area contributed by atoms with Crippen LogP contribution >= 0.6 is 0 Å². The molecule has 4 aromatic rings. The highest BCUT2D eigenvalue weighted by molar-refractivity contribution is 5.85. The van der Waals surface area contributed by atoms with Crippen LogP contribution in [0.3, 0.4) is 0 Å². The quantitative estimate of drug-likeness (QED) is 0.241. The molecule has 0 spiro atoms. The monoisotopic (exact) mass is 474 g/mol. The summed E-state index contributed by atoms with van der Waals surface area (Å²) in [5.41, 5.74) is 3.84. The summed E-state index contributed by atoms with van der Waals surface area (Å²) in [6.07, 6.45) is 10.5. The van der Waals surface area contributed by atoms with Crippen molar-refractivity contribution in [3.8, 4) is 22.5 Å². The molecule has 2 N–H and O–H groups in total. The van der Waals surface area contributed by atoms with Gasteiger partial charge in [-0.2, -0.15) is 5.10 Å². The van der Waals surface area contributed by atoms with Crippen LogP contribution in [-0.2, 0) is 11.8 Å². The number of aromatic nitrogens is 5. The highest BCUT2D eigenvalue weighted by Crippen LogP contribution is 2.21. The van der Waals surface area contributed by atoms with Crippen molar-refractivity contribution in [1.29, 1.82) is 10.8 Å². The first kappa shape index (κ1) is 23.5. The number of nitrogens with one attached hydrogen (secondary N) is 2. The third-order valence-electron chi connectivity index (χ3n) is 5.27. The highest BCUT2D eigenvalue weighted by atomic mass is 19.1. The molecule has 0 unspecified atom stereocenters. The van der Waals surface area contributed by atoms with Crippen molar-refractivity contribution in [1.82, 2.24) is 29.4 Å². The summed E-state index contributed by atoms with van der Waals surface area (Å²) >= 11 is 0. The Hall–Kier alpha value is -4.67. The molecular weight excluding hydrogens is 451 g/mol. The maximum atomic E-state index is 14.4. The molecule has 0 atom stereocenters. The molecule has 0 aliphatic heterocycles. The van der Waals surface area contributed by atoms with Crippen molar-refractivity contribution in [2.24, 2.45) is 7.05 Å². The normalized spacial score (nSPS) is 11.2. The van der Waals surface area contributed by atoms with Gasteiger partial charge in [0.1, 0.15) is 5.84 Å². The van der Waals surface area contributed by atoms with Gasteiger partial charge in [-0.15, -0.1) is 0 Å². The van der Waals surface area contributed by atoms with E-state index in [1.54, 1.807) is 36.1 Å². The predicted octanol–water partition coefficient (Wildman–Crippen LogP) is 3.13. The van der Waals surface area contributed by atoms with Crippen LogP contribution in [0.5, 0.6) is 0 Å². The molecule has 0 saturated carbocycles. The first-order valence-electron chi connectivity index (χ1n) is 10.6. The Morgan fingerprint density at radius 3 is 2.60 bits per heavy atom. The molecule has 0 fully saturated rings. The van der Waals surface area contributed by atoms with Gasteiger partial charge >= 0.3 is 0 Å². The minimum absolute atomic E-state index is 0.180. The predicted molar refractivity (Wildman–Crippen MR) is 127 cm³/mol. The molecular formula is C24H23FN8O2. The largest absolute Gasteiger partial charge is 0.356 e. The maximum Gasteiger partial charge on any atom is 0.214 e. The summed E-state index contributed by atoms with van der Waals surface area (Å²) in [4.78, 5) is 17.3. The molecule has 178 valence electrons. The zero-order chi connectivity index (χ0) is 25.1. The Labute approximate surface area is 200 Å². The Morgan fingerprint density at radius 1 is 1.17 bits per heavy atom. The van der Waals surface area contributed by atoms with Crippen LogP contribution in [0.1, 0.15) is 17.0 Å². The van der Waals surface area contributed by atoms with Crippen LogP contribution in [-0.4, -0.2) is 48.2 Å². The molecule has 11 heteroatoms. The Balaban J connectivity index is 1.53. The second-order valence-electron chi connectivity index (χ2n) is 8.00. The molecule has 0 saturated heterocycles. The van der Waals surface area contributed by atoms with E-state index < -0.39 is 11.3 Å². The number of amides is 1. The molecule has 0 bridgehead atoms. The number of hydrogen-bond donors (Lipinski definition) is 2. The zero-order valence-electron chi connectivity index (χ0n) is 19.4. The molecule has 0 aliphatic carbocycles. The van der Waals surface area contributed by atoms with Gasteiger partial charge in [-0.25, -0.2) is 4.39 Å². The van der Waals surface area contributed by atoms with E-state index in [1.807, 2.05) is 26.2 Å². The van der Waals surface area contributed by atoms with E-state index in [2.05, 4.69) is 15.2 Å². The number of aryl methyl sites for hydroxylation is 3. The first-order valence-corrected chi connectivity index (χ1v) is 10.6. The lowest BCUT2D eigenvalue weighted by Gasteiger charge is -2.16. The third-order valence-corrected chi connectivity index (χ3v) is 5.27. The van der Waals surface area contributed by atoms with Crippen molar-refractivity contribution in [2.75, 3.05) is 6.54 Å². The third kappa shape index (κ3) is 5.13. The number of pyridine rings is 2. The number of halogens is 1. The molecule has 35 heavy (non-hydrogen) atoms. The van der Waals surface area contributed by atoms with E-state index in [4.69, 9.17) is 15.3 Å². The molecule has 4 rings (SSSR count). The first-order chi connectivity index (χ1) is 16.7. The Bertz CT molecular complexity index is 1500. The van der Waals surface area contributed by atoms with Crippen LogP contribution in [0.25, 0.3) is 28.5 Å². The number of carbonyl (C=O) groups is 1. The van der Waals surface area contributed by atoms with Gasteiger partial charge in [-0.1, -0.05) is 5.16 Å². The van der Waals surface area contributed by atoms with Gasteiger partial charge in [0, 0.05) is 54.6 Å². The van der Waals surface area contributed by atoms with E-state index in [1.165, 1.54) is 17.3 Å². The van der Waals surface area contributed by atoms with Crippen molar-refractivity contribution in [3.05, 3.63) is 77.4 Å². The van der Waals surface area contributed by atoms with E-state index in [0.717, 1.165) is 27.3 Å². The summed E-state index contributed by atoms with van der Waals surface area (Å²) in [7, 11) is 1.84. The number of nitrogens with zero attached hydrogens (tertiary/aromatic N) is 6. The maximum absolute atomic E-state index is 14.4. The van der Waals surface area contributed by atoms with Gasteiger partial charge in [0.25, 0.3) is 0 Å². The van der Waals surface area contributed by atoms with Gasteiger partial charge in [-0.3, -0.25) is 29.8 Å². The van der Waals surface area contributed by atoms with Crippen LogP contribution < -0.4 is 5.49 Å². The molecule has 0 aromatic carbocycles. The van der Waals surface area contributed by atoms with Crippen molar-refractivity contribution in [3.63, 3.8) is 0 Å². The lowest BCUT2D eigenvalue weighted by molar-refractivity contribution is -0.115. The van der Waals surface area contributed by atoms with Gasteiger partial charge in [0.15, 0.2) is 17.1 Å². The SMILES string of the molecule is Cc1cc(-c2cc(F)c(=N)n(C(=N)CN(C=O)/C=C\c3ncc(-c4cnn(C)c4)cc3C)c2)on1. The summed E-state index contributed by atoms with van der Waals surface area (Å²) in [6, 6.07) is 4.74. The van der Waals surface area contributed by atoms with E-state index >= 15 is 0 Å². The van der Waals surface area contributed by atoms with Crippen LogP contribution in [0, 0.1) is 30.5 Å². The molecule has 1 amide bonds. The smallest absolute Gasteiger partial charge is 0.214 e. The van der Waals surface area contributed by atoms with Gasteiger partial charge in [0.2, 0.25) is 6.41 Å². The van der Waals surface area contributed by atoms with Gasteiger partial charge in [-0.05, 0) is 37.6 Å². The second kappa shape index (κ2) is 9.67. The summed E-state index contributed by atoms with van der Waals surface area (Å²) < 4.78 is 22.3. The zero-order valence-corrected chi connectivity index (χ0v) is 19.4. The summed E-state index contributed by atoms with van der Waals surface area (Å²) in [6.45, 7) is 3.44. The fraction of sp³-hybridized carbons (Fsp3) is 0.167. The standard InChI is InChI=1S/C24H23FN8O2/c1-15-6-17(19-10-29-31(3)11-19)9-28-21(15)4-5-32(14-34)13-23(26)33-12-18(8-20(25)24(33)27)22-7-16(2)30-35-22/h4-12,14,26-27H,13H2,1-3H3/b5-4-,26-23?,27-24?. The van der Waals surface area contributed by atoms with Crippen molar-refractivity contribution >= 4 is 18.3 Å². The minimum atomic E-state index is -0.831. The minimum Gasteiger partial charge on any atom is -0.356 e. The topological polar surface area (TPSA) is 130 Å². The number of rotatable bonds is 7. The average Bonchev–Trinajstić information content (AvgIpc) is 3.47. The van der Waals surface area contributed by atoms with E-state index in [0.29, 0.717) is 29.1 Å². The van der Waals surface area contributed by atoms with Crippen LogP contribution in [0.4, 0.5) is 4.39 Å². The highest BCUT2D eigenvalue weighted by Gasteiger charge is 2.14. The summed E-state index contributed by atoms with van der Waals surface area (Å²) in [5.74, 6) is -0.699. The molecule has 10 nitrogen and oxygen atoms in total. The number of hydrogen-bond acceptors (Lipinski definition) is 7. The molecule has 4 heterocycles. The number of carbonyl (C=O) groups excluding carboxylic acids is 1. The molecule has 0 radical (unpaired) electrons. The van der Waals surface area contributed by atoms with Crippen LogP contribution in [0.15, 0.2) is 53.7 Å². The fourth-order valence-corrected chi connectivity index (χ4v) is 3.44. The Morgan fingerprint density at radius 2 is 1.97 bits per heavy atom. The lowest BCUT2D eigenvalue weighted by Crippen LogP contribution is -2.35. The fourth-order valence-electron chi connectivity index (χ4n) is 3.44. The molecule has 0 aliphatic rings. The Kier molecular flexibility index (Phi) is 6.49.